The van der Waals surface area contributed by atoms with Crippen LogP contribution in [0.1, 0.15) is 39.8 Å². The highest BCUT2D eigenvalue weighted by molar-refractivity contribution is 7.13. The van der Waals surface area contributed by atoms with Gasteiger partial charge in [0.25, 0.3) is 5.91 Å². The maximum atomic E-state index is 12.8. The first kappa shape index (κ1) is 19.7. The number of alkyl halides is 3. The molecule has 1 amide bonds. The van der Waals surface area contributed by atoms with Gasteiger partial charge in [-0.25, -0.2) is 9.97 Å². The second-order valence-electron chi connectivity index (χ2n) is 6.46. The molecule has 0 aromatic carbocycles. The van der Waals surface area contributed by atoms with E-state index in [2.05, 4.69) is 25.5 Å². The van der Waals surface area contributed by atoms with E-state index in [4.69, 9.17) is 0 Å². The van der Waals surface area contributed by atoms with Crippen LogP contribution in [0.5, 0.6) is 0 Å². The molecule has 0 saturated carbocycles. The van der Waals surface area contributed by atoms with Gasteiger partial charge >= 0.3 is 6.18 Å². The summed E-state index contributed by atoms with van der Waals surface area (Å²) in [5, 5.41) is 12.0. The van der Waals surface area contributed by atoms with Crippen molar-refractivity contribution in [1.29, 1.82) is 0 Å². The molecule has 4 heterocycles. The molecule has 1 aliphatic heterocycles. The minimum absolute atomic E-state index is 0.0768. The molecule has 1 atom stereocenters. The minimum atomic E-state index is -4.42. The normalized spacial score (nSPS) is 17.3. The fraction of sp³-hybridized carbons (Fsp3) is 0.353. The molecule has 3 aromatic rings. The summed E-state index contributed by atoms with van der Waals surface area (Å²) in [5.74, 6) is 0.265. The summed E-state index contributed by atoms with van der Waals surface area (Å²) in [4.78, 5) is 22.4. The van der Waals surface area contributed by atoms with E-state index in [1.165, 1.54) is 23.0 Å². The third kappa shape index (κ3) is 4.53. The summed E-state index contributed by atoms with van der Waals surface area (Å²) in [6.07, 6.45) is -1.34. The average molecular weight is 440 g/mol. The summed E-state index contributed by atoms with van der Waals surface area (Å²) in [6.45, 7) is 1.28. The van der Waals surface area contributed by atoms with Crippen molar-refractivity contribution in [2.75, 3.05) is 23.3 Å². The van der Waals surface area contributed by atoms with Gasteiger partial charge in [0.2, 0.25) is 5.13 Å². The largest absolute Gasteiger partial charge is 0.434 e. The molecule has 1 unspecified atom stereocenters. The van der Waals surface area contributed by atoms with Crippen LogP contribution in [0, 0.1) is 0 Å². The quantitative estimate of drug-likeness (QED) is 0.659. The molecule has 0 spiro atoms. The van der Waals surface area contributed by atoms with Gasteiger partial charge in [0.05, 0.1) is 10.6 Å². The van der Waals surface area contributed by atoms with Gasteiger partial charge in [-0.15, -0.1) is 21.5 Å². The zero-order valence-corrected chi connectivity index (χ0v) is 16.5. The van der Waals surface area contributed by atoms with E-state index in [1.54, 1.807) is 12.1 Å². The first-order chi connectivity index (χ1) is 13.9. The standard InChI is InChI=1S/C17H15F3N6OS2/c18-17(19,20)12-8-28-15(23-12)11-2-1-5-26(7-11)13-4-3-10(6-21-13)14(27)24-16-25-22-9-29-16/h3-4,6,8-9,11H,1-2,5,7H2,(H,24,25,27). The number of nitrogens with one attached hydrogen (secondary N) is 1. The molecule has 29 heavy (non-hydrogen) atoms. The van der Waals surface area contributed by atoms with E-state index in [9.17, 15) is 18.0 Å². The fourth-order valence-electron chi connectivity index (χ4n) is 3.10. The monoisotopic (exact) mass is 440 g/mol. The lowest BCUT2D eigenvalue weighted by Gasteiger charge is -2.32. The van der Waals surface area contributed by atoms with Crippen LogP contribution in [0.3, 0.4) is 0 Å². The van der Waals surface area contributed by atoms with E-state index in [0.717, 1.165) is 36.1 Å². The summed E-state index contributed by atoms with van der Waals surface area (Å²) < 4.78 is 38.4. The van der Waals surface area contributed by atoms with Crippen LogP contribution in [0.2, 0.25) is 0 Å². The van der Waals surface area contributed by atoms with Gasteiger partial charge in [-0.05, 0) is 25.0 Å². The lowest BCUT2D eigenvalue weighted by molar-refractivity contribution is -0.140. The maximum Gasteiger partial charge on any atom is 0.434 e. The number of hydrogen-bond donors (Lipinski definition) is 1. The third-order valence-corrected chi connectivity index (χ3v) is 6.11. The van der Waals surface area contributed by atoms with Gasteiger partial charge in [-0.1, -0.05) is 11.3 Å². The van der Waals surface area contributed by atoms with Crippen LogP contribution in [-0.4, -0.2) is 39.2 Å². The molecule has 0 radical (unpaired) electrons. The Bertz CT molecular complexity index is 974. The Morgan fingerprint density at radius 1 is 1.28 bits per heavy atom. The number of rotatable bonds is 4. The Morgan fingerprint density at radius 2 is 2.14 bits per heavy atom. The Kier molecular flexibility index (Phi) is 5.46. The van der Waals surface area contributed by atoms with Crippen molar-refractivity contribution < 1.29 is 18.0 Å². The number of nitrogens with zero attached hydrogens (tertiary/aromatic N) is 5. The Hall–Kier alpha value is -2.60. The third-order valence-electron chi connectivity index (χ3n) is 4.50. The molecular formula is C17H15F3N6OS2. The Balaban J connectivity index is 1.43. The van der Waals surface area contributed by atoms with E-state index < -0.39 is 11.9 Å². The smallest absolute Gasteiger partial charge is 0.356 e. The molecule has 152 valence electrons. The number of thiazole rings is 1. The van der Waals surface area contributed by atoms with Crippen molar-refractivity contribution in [2.24, 2.45) is 0 Å². The minimum Gasteiger partial charge on any atom is -0.356 e. The Labute approximate surface area is 171 Å². The number of hydrogen-bond acceptors (Lipinski definition) is 8. The van der Waals surface area contributed by atoms with Crippen molar-refractivity contribution in [3.8, 4) is 0 Å². The number of carbonyl (C=O) groups is 1. The zero-order valence-electron chi connectivity index (χ0n) is 14.9. The molecule has 12 heteroatoms. The number of amides is 1. The highest BCUT2D eigenvalue weighted by Crippen LogP contribution is 2.35. The molecule has 3 aromatic heterocycles. The van der Waals surface area contributed by atoms with Gasteiger partial charge in [-0.3, -0.25) is 10.1 Å². The van der Waals surface area contributed by atoms with Crippen molar-refractivity contribution >= 4 is 39.5 Å². The zero-order chi connectivity index (χ0) is 20.4. The molecular weight excluding hydrogens is 425 g/mol. The molecule has 0 bridgehead atoms. The summed E-state index contributed by atoms with van der Waals surface area (Å²) >= 11 is 2.26. The van der Waals surface area contributed by atoms with Gasteiger partial charge in [0.15, 0.2) is 5.69 Å². The van der Waals surface area contributed by atoms with Crippen LogP contribution in [-0.2, 0) is 6.18 Å². The summed E-state index contributed by atoms with van der Waals surface area (Å²) in [5.41, 5.74) is 1.06. The highest BCUT2D eigenvalue weighted by Gasteiger charge is 2.35. The van der Waals surface area contributed by atoms with Crippen molar-refractivity contribution in [3.05, 3.63) is 45.5 Å². The van der Waals surface area contributed by atoms with Crippen molar-refractivity contribution in [3.63, 3.8) is 0 Å². The summed E-state index contributed by atoms with van der Waals surface area (Å²) in [7, 11) is 0. The van der Waals surface area contributed by atoms with Crippen LogP contribution in [0.25, 0.3) is 0 Å². The highest BCUT2D eigenvalue weighted by atomic mass is 32.1. The first-order valence-corrected chi connectivity index (χ1v) is 10.5. The SMILES string of the molecule is O=C(Nc1nncs1)c1ccc(N2CCCC(c3nc(C(F)(F)F)cs3)C2)nc1. The lowest BCUT2D eigenvalue weighted by Crippen LogP contribution is -2.35. The van der Waals surface area contributed by atoms with E-state index in [-0.39, 0.29) is 11.8 Å². The van der Waals surface area contributed by atoms with Crippen LogP contribution >= 0.6 is 22.7 Å². The van der Waals surface area contributed by atoms with Crippen LogP contribution < -0.4 is 10.2 Å². The Morgan fingerprint density at radius 3 is 2.79 bits per heavy atom. The fourth-order valence-corrected chi connectivity index (χ4v) is 4.49. The van der Waals surface area contributed by atoms with Gasteiger partial charge in [-0.2, -0.15) is 13.2 Å². The number of aromatic nitrogens is 4. The molecule has 7 nitrogen and oxygen atoms in total. The predicted octanol–water partition coefficient (Wildman–Crippen LogP) is 4.04. The van der Waals surface area contributed by atoms with Crippen molar-refractivity contribution in [1.82, 2.24) is 20.2 Å². The number of anilines is 2. The van der Waals surface area contributed by atoms with E-state index in [0.29, 0.717) is 28.1 Å². The van der Waals surface area contributed by atoms with Crippen molar-refractivity contribution in [2.45, 2.75) is 24.9 Å². The maximum absolute atomic E-state index is 12.8. The molecule has 0 aliphatic carbocycles. The number of halogens is 3. The molecule has 1 N–H and O–H groups in total. The van der Waals surface area contributed by atoms with Crippen LogP contribution in [0.15, 0.2) is 29.2 Å². The van der Waals surface area contributed by atoms with E-state index in [1.807, 2.05) is 4.90 Å². The first-order valence-electron chi connectivity index (χ1n) is 8.71. The average Bonchev–Trinajstić information content (AvgIpc) is 3.40. The van der Waals surface area contributed by atoms with E-state index >= 15 is 0 Å². The molecule has 4 rings (SSSR count). The van der Waals surface area contributed by atoms with Crippen LogP contribution in [0.4, 0.5) is 24.1 Å². The molecule has 1 saturated heterocycles. The number of carbonyl (C=O) groups excluding carboxylic acids is 1. The summed E-state index contributed by atoms with van der Waals surface area (Å²) in [6, 6.07) is 3.40. The second kappa shape index (κ2) is 8.03. The van der Waals surface area contributed by atoms with Gasteiger partial charge < -0.3 is 4.90 Å². The number of pyridine rings is 1. The topological polar surface area (TPSA) is 83.9 Å². The van der Waals surface area contributed by atoms with Gasteiger partial charge in [0.1, 0.15) is 11.3 Å². The number of piperidine rings is 1. The molecule has 1 fully saturated rings. The second-order valence-corrected chi connectivity index (χ2v) is 8.18. The predicted molar refractivity (Wildman–Crippen MR) is 103 cm³/mol. The molecule has 1 aliphatic rings. The lowest BCUT2D eigenvalue weighted by atomic mass is 9.98. The van der Waals surface area contributed by atoms with Gasteiger partial charge in [0, 0.05) is 30.6 Å².